The molecule has 1 aromatic rings. The molecular formula is C12H23N3. The molecule has 15 heavy (non-hydrogen) atoms. The summed E-state index contributed by atoms with van der Waals surface area (Å²) in [5.41, 5.74) is 0.125. The van der Waals surface area contributed by atoms with Gasteiger partial charge in [0, 0.05) is 30.9 Å². The molecule has 1 aromatic heterocycles. The summed E-state index contributed by atoms with van der Waals surface area (Å²) in [6.07, 6.45) is 4.98. The Morgan fingerprint density at radius 3 is 2.67 bits per heavy atom. The van der Waals surface area contributed by atoms with Gasteiger partial charge >= 0.3 is 0 Å². The van der Waals surface area contributed by atoms with Gasteiger partial charge in [0.15, 0.2) is 0 Å². The predicted molar refractivity (Wildman–Crippen MR) is 64.0 cm³/mol. The average molecular weight is 209 g/mol. The third kappa shape index (κ3) is 3.06. The quantitative estimate of drug-likeness (QED) is 0.804. The van der Waals surface area contributed by atoms with E-state index in [9.17, 15) is 0 Å². The van der Waals surface area contributed by atoms with Crippen LogP contribution in [0.2, 0.25) is 0 Å². The maximum Gasteiger partial charge on any atom is 0.114 e. The van der Waals surface area contributed by atoms with E-state index in [1.807, 2.05) is 12.4 Å². The molecule has 0 spiro atoms. The van der Waals surface area contributed by atoms with Crippen LogP contribution in [0.5, 0.6) is 0 Å². The highest BCUT2D eigenvalue weighted by Gasteiger charge is 2.26. The average Bonchev–Trinajstić information content (AvgIpc) is 2.51. The zero-order valence-corrected chi connectivity index (χ0v) is 10.5. The van der Waals surface area contributed by atoms with Crippen molar-refractivity contribution in [2.45, 2.75) is 45.6 Å². The van der Waals surface area contributed by atoms with Gasteiger partial charge in [-0.3, -0.25) is 0 Å². The summed E-state index contributed by atoms with van der Waals surface area (Å²) >= 11 is 0. The van der Waals surface area contributed by atoms with Gasteiger partial charge in [0.1, 0.15) is 5.82 Å². The van der Waals surface area contributed by atoms with E-state index in [4.69, 9.17) is 0 Å². The molecule has 3 nitrogen and oxygen atoms in total. The summed E-state index contributed by atoms with van der Waals surface area (Å²) in [6, 6.07) is 0.529. The van der Waals surface area contributed by atoms with Crippen LogP contribution in [0.25, 0.3) is 0 Å². The molecule has 0 saturated heterocycles. The first-order chi connectivity index (χ1) is 6.97. The first kappa shape index (κ1) is 12.2. The van der Waals surface area contributed by atoms with Crippen molar-refractivity contribution in [3.05, 3.63) is 18.2 Å². The Bertz CT molecular complexity index is 302. The second-order valence-electron chi connectivity index (χ2n) is 4.91. The molecule has 0 bridgehead atoms. The number of nitrogens with one attached hydrogen (secondary N) is 1. The molecule has 0 aliphatic carbocycles. The summed E-state index contributed by atoms with van der Waals surface area (Å²) < 4.78 is 2.11. The molecule has 1 atom stereocenters. The van der Waals surface area contributed by atoms with Gasteiger partial charge < -0.3 is 9.88 Å². The highest BCUT2D eigenvalue weighted by atomic mass is 15.0. The van der Waals surface area contributed by atoms with Gasteiger partial charge in [-0.15, -0.1) is 0 Å². The van der Waals surface area contributed by atoms with Crippen molar-refractivity contribution >= 4 is 0 Å². The first-order valence-corrected chi connectivity index (χ1v) is 5.68. The van der Waals surface area contributed by atoms with Crippen molar-refractivity contribution in [3.63, 3.8) is 0 Å². The minimum atomic E-state index is 0.125. The second kappa shape index (κ2) is 4.79. The molecule has 1 heterocycles. The second-order valence-corrected chi connectivity index (χ2v) is 4.91. The van der Waals surface area contributed by atoms with Crippen LogP contribution in [0.1, 0.15) is 39.9 Å². The molecule has 0 aromatic carbocycles. The van der Waals surface area contributed by atoms with Crippen LogP contribution < -0.4 is 5.32 Å². The fraction of sp³-hybridized carbons (Fsp3) is 0.750. The van der Waals surface area contributed by atoms with Crippen molar-refractivity contribution in [1.29, 1.82) is 0 Å². The number of aryl methyl sites for hydroxylation is 1. The SMILES string of the molecule is CCNC(C)CC(C)(C)c1nccn1C. The van der Waals surface area contributed by atoms with Gasteiger partial charge in [-0.1, -0.05) is 20.8 Å². The molecule has 0 amide bonds. The Morgan fingerprint density at radius 2 is 2.20 bits per heavy atom. The van der Waals surface area contributed by atoms with E-state index >= 15 is 0 Å². The number of aromatic nitrogens is 2. The molecule has 86 valence electrons. The lowest BCUT2D eigenvalue weighted by atomic mass is 9.85. The van der Waals surface area contributed by atoms with Crippen molar-refractivity contribution in [1.82, 2.24) is 14.9 Å². The van der Waals surface area contributed by atoms with Crippen LogP contribution >= 0.6 is 0 Å². The van der Waals surface area contributed by atoms with Crippen LogP contribution in [-0.4, -0.2) is 22.1 Å². The van der Waals surface area contributed by atoms with Crippen molar-refractivity contribution in [3.8, 4) is 0 Å². The van der Waals surface area contributed by atoms with E-state index in [1.54, 1.807) is 0 Å². The van der Waals surface area contributed by atoms with Gasteiger partial charge in [-0.25, -0.2) is 4.98 Å². The van der Waals surface area contributed by atoms with Crippen molar-refractivity contribution < 1.29 is 0 Å². The van der Waals surface area contributed by atoms with Gasteiger partial charge in [-0.2, -0.15) is 0 Å². The van der Waals surface area contributed by atoms with Crippen LogP contribution in [0, 0.1) is 0 Å². The molecule has 0 fully saturated rings. The molecule has 0 aliphatic rings. The van der Waals surface area contributed by atoms with Crippen molar-refractivity contribution in [2.24, 2.45) is 7.05 Å². The third-order valence-corrected chi connectivity index (χ3v) is 2.80. The molecule has 1 N–H and O–H groups in total. The number of hydrogen-bond donors (Lipinski definition) is 1. The number of imidazole rings is 1. The monoisotopic (exact) mass is 209 g/mol. The maximum absolute atomic E-state index is 4.44. The Morgan fingerprint density at radius 1 is 1.53 bits per heavy atom. The van der Waals surface area contributed by atoms with Crippen LogP contribution in [0.4, 0.5) is 0 Å². The number of rotatable bonds is 5. The topological polar surface area (TPSA) is 29.9 Å². The molecule has 0 saturated carbocycles. The largest absolute Gasteiger partial charge is 0.338 e. The van der Waals surface area contributed by atoms with E-state index in [2.05, 4.69) is 49.6 Å². The fourth-order valence-corrected chi connectivity index (χ4v) is 2.30. The molecular weight excluding hydrogens is 186 g/mol. The summed E-state index contributed by atoms with van der Waals surface area (Å²) in [5.74, 6) is 1.16. The normalized spacial score (nSPS) is 14.2. The molecule has 1 rings (SSSR count). The summed E-state index contributed by atoms with van der Waals surface area (Å²) in [7, 11) is 2.06. The van der Waals surface area contributed by atoms with E-state index in [0.29, 0.717) is 6.04 Å². The third-order valence-electron chi connectivity index (χ3n) is 2.80. The lowest BCUT2D eigenvalue weighted by Gasteiger charge is -2.27. The molecule has 1 unspecified atom stereocenters. The van der Waals surface area contributed by atoms with E-state index in [1.165, 1.54) is 0 Å². The summed E-state index contributed by atoms with van der Waals surface area (Å²) in [6.45, 7) is 9.91. The Labute approximate surface area is 92.9 Å². The smallest absolute Gasteiger partial charge is 0.114 e. The Kier molecular flexibility index (Phi) is 3.91. The molecule has 0 radical (unpaired) electrons. The highest BCUT2D eigenvalue weighted by Crippen LogP contribution is 2.26. The standard InChI is InChI=1S/C12H23N3/c1-6-13-10(2)9-12(3,4)11-14-7-8-15(11)5/h7-8,10,13H,6,9H2,1-5H3. The van der Waals surface area contributed by atoms with Crippen molar-refractivity contribution in [2.75, 3.05) is 6.54 Å². The number of hydrogen-bond acceptors (Lipinski definition) is 2. The maximum atomic E-state index is 4.44. The zero-order valence-electron chi connectivity index (χ0n) is 10.5. The number of nitrogens with zero attached hydrogens (tertiary/aromatic N) is 2. The summed E-state index contributed by atoms with van der Waals surface area (Å²) in [4.78, 5) is 4.44. The zero-order chi connectivity index (χ0) is 11.5. The lowest BCUT2D eigenvalue weighted by Crippen LogP contribution is -2.34. The minimum absolute atomic E-state index is 0.125. The van der Waals surface area contributed by atoms with E-state index in [0.717, 1.165) is 18.8 Å². The van der Waals surface area contributed by atoms with E-state index < -0.39 is 0 Å². The van der Waals surface area contributed by atoms with Gasteiger partial charge in [-0.05, 0) is 19.9 Å². The predicted octanol–water partition coefficient (Wildman–Crippen LogP) is 2.09. The Hall–Kier alpha value is -0.830. The van der Waals surface area contributed by atoms with Crippen LogP contribution in [-0.2, 0) is 12.5 Å². The minimum Gasteiger partial charge on any atom is -0.338 e. The lowest BCUT2D eigenvalue weighted by molar-refractivity contribution is 0.370. The van der Waals surface area contributed by atoms with Gasteiger partial charge in [0.25, 0.3) is 0 Å². The van der Waals surface area contributed by atoms with Crippen LogP contribution in [0.15, 0.2) is 12.4 Å². The van der Waals surface area contributed by atoms with Crippen LogP contribution in [0.3, 0.4) is 0 Å². The van der Waals surface area contributed by atoms with Gasteiger partial charge in [0.05, 0.1) is 0 Å². The Balaban J connectivity index is 2.71. The molecule has 3 heteroatoms. The summed E-state index contributed by atoms with van der Waals surface area (Å²) in [5, 5.41) is 3.45. The first-order valence-electron chi connectivity index (χ1n) is 5.68. The van der Waals surface area contributed by atoms with Gasteiger partial charge in [0.2, 0.25) is 0 Å². The molecule has 0 aliphatic heterocycles. The highest BCUT2D eigenvalue weighted by molar-refractivity contribution is 5.07. The fourth-order valence-electron chi connectivity index (χ4n) is 2.30. The van der Waals surface area contributed by atoms with E-state index in [-0.39, 0.29) is 5.41 Å².